The first-order chi connectivity index (χ1) is 9.99. The van der Waals surface area contributed by atoms with Crippen LogP contribution in [0.2, 0.25) is 0 Å². The van der Waals surface area contributed by atoms with E-state index in [0.717, 1.165) is 0 Å². The van der Waals surface area contributed by atoms with E-state index in [0.29, 0.717) is 38.5 Å². The van der Waals surface area contributed by atoms with Gasteiger partial charge in [-0.25, -0.2) is 13.1 Å². The van der Waals surface area contributed by atoms with Crippen LogP contribution in [0.4, 0.5) is 0 Å². The van der Waals surface area contributed by atoms with Crippen LogP contribution < -0.4 is 10.0 Å². The highest BCUT2D eigenvalue weighted by Crippen LogP contribution is 2.14. The fourth-order valence-electron chi connectivity index (χ4n) is 1.66. The molecule has 1 rings (SSSR count). The van der Waals surface area contributed by atoms with Crippen molar-refractivity contribution in [3.8, 4) is 0 Å². The van der Waals surface area contributed by atoms with Crippen molar-refractivity contribution in [1.82, 2.24) is 10.0 Å². The number of ether oxygens (including phenoxy) is 2. The largest absolute Gasteiger partial charge is 0.447 e. The van der Waals surface area contributed by atoms with E-state index in [1.54, 1.807) is 27.2 Å². The van der Waals surface area contributed by atoms with E-state index in [1.807, 2.05) is 0 Å². The Hall–Kier alpha value is -0.930. The lowest BCUT2D eigenvalue weighted by atomic mass is 10.3. The van der Waals surface area contributed by atoms with Crippen molar-refractivity contribution >= 4 is 10.0 Å². The summed E-state index contributed by atoms with van der Waals surface area (Å²) in [7, 11) is -0.428. The zero-order valence-electron chi connectivity index (χ0n) is 12.7. The van der Waals surface area contributed by atoms with Crippen LogP contribution in [0.1, 0.15) is 19.1 Å². The lowest BCUT2D eigenvalue weighted by molar-refractivity contribution is 0.188. The molecule has 1 unspecified atom stereocenters. The van der Waals surface area contributed by atoms with E-state index in [4.69, 9.17) is 13.9 Å². The second-order valence-electron chi connectivity index (χ2n) is 4.69. The Morgan fingerprint density at radius 3 is 2.62 bits per heavy atom. The molecule has 0 aliphatic heterocycles. The van der Waals surface area contributed by atoms with Crippen molar-refractivity contribution in [3.63, 3.8) is 0 Å². The van der Waals surface area contributed by atoms with E-state index in [1.165, 1.54) is 6.07 Å². The molecule has 0 aromatic carbocycles. The van der Waals surface area contributed by atoms with Crippen molar-refractivity contribution in [3.05, 3.63) is 17.9 Å². The molecule has 0 amide bonds. The molecule has 122 valence electrons. The maximum Gasteiger partial charge on any atom is 0.274 e. The first-order valence-electron chi connectivity index (χ1n) is 6.79. The molecule has 1 aromatic rings. The fourth-order valence-corrected chi connectivity index (χ4v) is 2.89. The number of methoxy groups -OCH3 is 2. The highest BCUT2D eigenvalue weighted by molar-refractivity contribution is 7.89. The smallest absolute Gasteiger partial charge is 0.274 e. The average Bonchev–Trinajstić information content (AvgIpc) is 2.90. The Balaban J connectivity index is 2.53. The molecule has 2 N–H and O–H groups in total. The first-order valence-corrected chi connectivity index (χ1v) is 8.27. The number of nitrogens with one attached hydrogen (secondary N) is 2. The minimum absolute atomic E-state index is 0.0738. The predicted molar refractivity (Wildman–Crippen MR) is 78.6 cm³/mol. The molecule has 0 radical (unpaired) electrons. The topological polar surface area (TPSA) is 89.8 Å². The van der Waals surface area contributed by atoms with Gasteiger partial charge in [0.05, 0.1) is 13.2 Å². The summed E-state index contributed by atoms with van der Waals surface area (Å²) in [5, 5.41) is 3.01. The third-order valence-electron chi connectivity index (χ3n) is 2.80. The average molecular weight is 320 g/mol. The molecule has 0 aliphatic rings. The predicted octanol–water partition coefficient (Wildman–Crippen LogP) is 0.719. The molecule has 0 bridgehead atoms. The van der Waals surface area contributed by atoms with Crippen LogP contribution in [0.25, 0.3) is 0 Å². The Morgan fingerprint density at radius 1 is 1.24 bits per heavy atom. The van der Waals surface area contributed by atoms with Gasteiger partial charge in [0.15, 0.2) is 0 Å². The zero-order chi connectivity index (χ0) is 15.7. The Bertz CT molecular complexity index is 500. The molecular weight excluding hydrogens is 296 g/mol. The summed E-state index contributed by atoms with van der Waals surface area (Å²) in [6.45, 7) is 4.00. The molecule has 1 heterocycles. The van der Waals surface area contributed by atoms with Crippen molar-refractivity contribution in [2.45, 2.75) is 31.0 Å². The maximum absolute atomic E-state index is 12.1. The molecule has 21 heavy (non-hydrogen) atoms. The standard InChI is InChI=1S/C13H24N2O5S/c1-11(6-8-18-2)15-21(16,17)13-5-4-12(20-13)10-14-7-9-19-3/h4-5,11,14-15H,6-10H2,1-3H3. The first kappa shape index (κ1) is 18.1. The van der Waals surface area contributed by atoms with Crippen LogP contribution in [0.5, 0.6) is 0 Å². The van der Waals surface area contributed by atoms with E-state index in [9.17, 15) is 8.42 Å². The van der Waals surface area contributed by atoms with Crippen molar-refractivity contribution < 1.29 is 22.3 Å². The summed E-state index contributed by atoms with van der Waals surface area (Å²) >= 11 is 0. The van der Waals surface area contributed by atoms with Crippen molar-refractivity contribution in [1.29, 1.82) is 0 Å². The van der Waals surface area contributed by atoms with Crippen molar-refractivity contribution in [2.24, 2.45) is 0 Å². The molecule has 0 spiro atoms. The summed E-state index contributed by atoms with van der Waals surface area (Å²) in [4.78, 5) is 0. The van der Waals surface area contributed by atoms with Gasteiger partial charge in [-0.3, -0.25) is 0 Å². The quantitative estimate of drug-likeness (QED) is 0.584. The Kier molecular flexibility index (Phi) is 7.91. The minimum atomic E-state index is -3.63. The van der Waals surface area contributed by atoms with Gasteiger partial charge in [-0.1, -0.05) is 0 Å². The molecule has 0 saturated carbocycles. The number of hydrogen-bond donors (Lipinski definition) is 2. The van der Waals surface area contributed by atoms with Gasteiger partial charge in [0, 0.05) is 33.4 Å². The van der Waals surface area contributed by atoms with E-state index >= 15 is 0 Å². The van der Waals surface area contributed by atoms with Crippen LogP contribution in [-0.2, 0) is 26.0 Å². The van der Waals surface area contributed by atoms with Crippen LogP contribution in [0, 0.1) is 0 Å². The van der Waals surface area contributed by atoms with Crippen molar-refractivity contribution in [2.75, 3.05) is 34.0 Å². The number of furan rings is 1. The van der Waals surface area contributed by atoms with Gasteiger partial charge in [-0.05, 0) is 25.5 Å². The lowest BCUT2D eigenvalue weighted by Crippen LogP contribution is -2.33. The molecule has 0 aliphatic carbocycles. The van der Waals surface area contributed by atoms with Gasteiger partial charge in [-0.2, -0.15) is 0 Å². The van der Waals surface area contributed by atoms with Crippen LogP contribution in [0.15, 0.2) is 21.6 Å². The summed E-state index contributed by atoms with van der Waals surface area (Å²) in [5.41, 5.74) is 0. The monoisotopic (exact) mass is 320 g/mol. The van der Waals surface area contributed by atoms with Gasteiger partial charge in [0.25, 0.3) is 10.0 Å². The molecule has 8 heteroatoms. The second kappa shape index (κ2) is 9.16. The van der Waals surface area contributed by atoms with Gasteiger partial charge in [0.1, 0.15) is 5.76 Å². The number of sulfonamides is 1. The Labute approximate surface area is 126 Å². The number of rotatable bonds is 11. The van der Waals surface area contributed by atoms with E-state index in [-0.39, 0.29) is 11.1 Å². The third-order valence-corrected chi connectivity index (χ3v) is 4.26. The SMILES string of the molecule is COCCNCc1ccc(S(=O)(=O)NC(C)CCOC)o1. The van der Waals surface area contributed by atoms with E-state index < -0.39 is 10.0 Å². The molecule has 0 fully saturated rings. The van der Waals surface area contributed by atoms with Gasteiger partial charge >= 0.3 is 0 Å². The third kappa shape index (κ3) is 6.58. The lowest BCUT2D eigenvalue weighted by Gasteiger charge is -2.12. The normalized spacial score (nSPS) is 13.5. The van der Waals surface area contributed by atoms with Gasteiger partial charge in [-0.15, -0.1) is 0 Å². The molecule has 1 atom stereocenters. The summed E-state index contributed by atoms with van der Waals surface area (Å²) < 4.78 is 42.0. The van der Waals surface area contributed by atoms with Gasteiger partial charge < -0.3 is 19.2 Å². The Morgan fingerprint density at radius 2 is 1.95 bits per heavy atom. The summed E-state index contributed by atoms with van der Waals surface area (Å²) in [6, 6.07) is 2.88. The van der Waals surface area contributed by atoms with E-state index in [2.05, 4.69) is 10.0 Å². The summed E-state index contributed by atoms with van der Waals surface area (Å²) in [5.74, 6) is 0.566. The minimum Gasteiger partial charge on any atom is -0.447 e. The van der Waals surface area contributed by atoms with Crippen LogP contribution in [-0.4, -0.2) is 48.4 Å². The number of hydrogen-bond acceptors (Lipinski definition) is 6. The molecular formula is C13H24N2O5S. The highest BCUT2D eigenvalue weighted by atomic mass is 32.2. The zero-order valence-corrected chi connectivity index (χ0v) is 13.5. The van der Waals surface area contributed by atoms with Crippen LogP contribution >= 0.6 is 0 Å². The maximum atomic E-state index is 12.1. The summed E-state index contributed by atoms with van der Waals surface area (Å²) in [6.07, 6.45) is 0.599. The highest BCUT2D eigenvalue weighted by Gasteiger charge is 2.21. The van der Waals surface area contributed by atoms with Gasteiger partial charge in [0.2, 0.25) is 5.09 Å². The molecule has 0 saturated heterocycles. The molecule has 1 aromatic heterocycles. The second-order valence-corrected chi connectivity index (χ2v) is 6.34. The fraction of sp³-hybridized carbons (Fsp3) is 0.692. The molecule has 7 nitrogen and oxygen atoms in total. The van der Waals surface area contributed by atoms with Crippen LogP contribution in [0.3, 0.4) is 0 Å².